The van der Waals surface area contributed by atoms with E-state index in [1.54, 1.807) is 0 Å². The quantitative estimate of drug-likeness (QED) is 0.787. The maximum Gasteiger partial charge on any atom is 0.323 e. The molecule has 116 valence electrons. The minimum Gasteiger partial charge on any atom is -0.468 e. The molecule has 0 aliphatic heterocycles. The molecule has 0 radical (unpaired) electrons. The van der Waals surface area contributed by atoms with E-state index in [0.29, 0.717) is 0 Å². The number of methoxy groups -OCH3 is 1. The van der Waals surface area contributed by atoms with E-state index in [1.165, 1.54) is 7.11 Å². The molecule has 21 heavy (non-hydrogen) atoms. The molecule has 1 aromatic carbocycles. The van der Waals surface area contributed by atoms with Gasteiger partial charge < -0.3 is 10.1 Å². The van der Waals surface area contributed by atoms with Crippen LogP contribution >= 0.6 is 0 Å². The molecule has 5 heteroatoms. The Bertz CT molecular complexity index is 512. The van der Waals surface area contributed by atoms with Gasteiger partial charge in [-0.2, -0.15) is 0 Å². The van der Waals surface area contributed by atoms with Gasteiger partial charge in [-0.1, -0.05) is 26.0 Å². The second kappa shape index (κ2) is 7.78. The summed E-state index contributed by atoms with van der Waals surface area (Å²) in [4.78, 5) is 23.6. The van der Waals surface area contributed by atoms with Crippen molar-refractivity contribution < 1.29 is 14.3 Å². The zero-order valence-corrected chi connectivity index (χ0v) is 13.3. The molecule has 0 saturated carbocycles. The van der Waals surface area contributed by atoms with Gasteiger partial charge in [0.25, 0.3) is 0 Å². The van der Waals surface area contributed by atoms with Gasteiger partial charge in [0.05, 0.1) is 13.7 Å². The largest absolute Gasteiger partial charge is 0.468 e. The molecule has 1 atom stereocenters. The maximum atomic E-state index is 12.0. The highest BCUT2D eigenvalue weighted by atomic mass is 16.5. The van der Waals surface area contributed by atoms with Gasteiger partial charge in [0.1, 0.15) is 6.04 Å². The Morgan fingerprint density at radius 2 is 1.90 bits per heavy atom. The summed E-state index contributed by atoms with van der Waals surface area (Å²) in [6, 6.07) is 5.27. The highest BCUT2D eigenvalue weighted by Gasteiger charge is 2.23. The van der Waals surface area contributed by atoms with Crippen molar-refractivity contribution in [2.24, 2.45) is 5.92 Å². The van der Waals surface area contributed by atoms with E-state index >= 15 is 0 Å². The third kappa shape index (κ3) is 4.86. The molecule has 0 aliphatic rings. The van der Waals surface area contributed by atoms with Gasteiger partial charge in [-0.15, -0.1) is 0 Å². The SMILES string of the molecule is COC(=O)C(NCC(=O)Nc1cccc(C)c1C)C(C)C. The lowest BCUT2D eigenvalue weighted by molar-refractivity contribution is -0.144. The predicted octanol–water partition coefficient (Wildman–Crippen LogP) is 2.03. The molecule has 0 bridgehead atoms. The summed E-state index contributed by atoms with van der Waals surface area (Å²) in [7, 11) is 1.34. The van der Waals surface area contributed by atoms with Crippen LogP contribution in [0, 0.1) is 19.8 Å². The number of amides is 1. The first-order valence-electron chi connectivity index (χ1n) is 7.04. The van der Waals surface area contributed by atoms with Crippen molar-refractivity contribution in [2.45, 2.75) is 33.7 Å². The van der Waals surface area contributed by atoms with Crippen molar-refractivity contribution in [1.82, 2.24) is 5.32 Å². The summed E-state index contributed by atoms with van der Waals surface area (Å²) in [6.45, 7) is 7.82. The minimum absolute atomic E-state index is 0.0472. The van der Waals surface area contributed by atoms with Gasteiger partial charge in [-0.05, 0) is 37.0 Å². The molecular formula is C16H24N2O3. The summed E-state index contributed by atoms with van der Waals surface area (Å²) in [5.41, 5.74) is 2.95. The third-order valence-electron chi connectivity index (χ3n) is 3.48. The first-order valence-corrected chi connectivity index (χ1v) is 7.04. The number of benzene rings is 1. The van der Waals surface area contributed by atoms with Crippen molar-refractivity contribution in [2.75, 3.05) is 19.0 Å². The van der Waals surface area contributed by atoms with Crippen LogP contribution in [0.4, 0.5) is 5.69 Å². The summed E-state index contributed by atoms with van der Waals surface area (Å²) in [5, 5.41) is 5.79. The Hall–Kier alpha value is -1.88. The van der Waals surface area contributed by atoms with Gasteiger partial charge >= 0.3 is 5.97 Å². The molecule has 1 aromatic rings. The Balaban J connectivity index is 2.61. The topological polar surface area (TPSA) is 67.4 Å². The lowest BCUT2D eigenvalue weighted by atomic mass is 10.0. The van der Waals surface area contributed by atoms with Crippen molar-refractivity contribution in [1.29, 1.82) is 0 Å². The number of esters is 1. The maximum absolute atomic E-state index is 12.0. The molecule has 2 N–H and O–H groups in total. The third-order valence-corrected chi connectivity index (χ3v) is 3.48. The van der Waals surface area contributed by atoms with Crippen LogP contribution in [0.15, 0.2) is 18.2 Å². The fraction of sp³-hybridized carbons (Fsp3) is 0.500. The highest BCUT2D eigenvalue weighted by Crippen LogP contribution is 2.17. The number of ether oxygens (including phenoxy) is 1. The summed E-state index contributed by atoms with van der Waals surface area (Å²) in [5.74, 6) is -0.492. The zero-order valence-electron chi connectivity index (χ0n) is 13.3. The van der Waals surface area contributed by atoms with Crippen LogP contribution in [-0.4, -0.2) is 31.6 Å². The molecule has 1 amide bonds. The van der Waals surface area contributed by atoms with Gasteiger partial charge in [0, 0.05) is 5.69 Å². The van der Waals surface area contributed by atoms with Crippen LogP contribution in [0.2, 0.25) is 0 Å². The molecule has 1 unspecified atom stereocenters. The smallest absolute Gasteiger partial charge is 0.323 e. The van der Waals surface area contributed by atoms with Crippen LogP contribution in [0.5, 0.6) is 0 Å². The standard InChI is InChI=1S/C16H24N2O3/c1-10(2)15(16(20)21-5)17-9-14(19)18-13-8-6-7-11(3)12(13)4/h6-8,10,15,17H,9H2,1-5H3,(H,18,19). The van der Waals surface area contributed by atoms with Crippen molar-refractivity contribution in [3.63, 3.8) is 0 Å². The number of hydrogen-bond acceptors (Lipinski definition) is 4. The van der Waals surface area contributed by atoms with E-state index in [-0.39, 0.29) is 24.3 Å². The lowest BCUT2D eigenvalue weighted by Gasteiger charge is -2.19. The monoisotopic (exact) mass is 292 g/mol. The molecule has 1 rings (SSSR count). The average Bonchev–Trinajstić information content (AvgIpc) is 2.43. The molecule has 0 aromatic heterocycles. The van der Waals surface area contributed by atoms with Gasteiger partial charge in [-0.3, -0.25) is 14.9 Å². The zero-order chi connectivity index (χ0) is 16.0. The van der Waals surface area contributed by atoms with Gasteiger partial charge in [0.2, 0.25) is 5.91 Å². The van der Waals surface area contributed by atoms with Crippen molar-refractivity contribution in [3.8, 4) is 0 Å². The normalized spacial score (nSPS) is 12.1. The molecule has 0 heterocycles. The van der Waals surface area contributed by atoms with Crippen LogP contribution in [0.25, 0.3) is 0 Å². The van der Waals surface area contributed by atoms with E-state index in [2.05, 4.69) is 10.6 Å². The average molecular weight is 292 g/mol. The number of nitrogens with one attached hydrogen (secondary N) is 2. The first kappa shape index (κ1) is 17.2. The summed E-state index contributed by atoms with van der Waals surface area (Å²) in [6.07, 6.45) is 0. The molecule has 0 fully saturated rings. The van der Waals surface area contributed by atoms with Crippen LogP contribution in [0.1, 0.15) is 25.0 Å². The lowest BCUT2D eigenvalue weighted by Crippen LogP contribution is -2.45. The van der Waals surface area contributed by atoms with Crippen molar-refractivity contribution in [3.05, 3.63) is 29.3 Å². The van der Waals surface area contributed by atoms with Gasteiger partial charge in [0.15, 0.2) is 0 Å². The predicted molar refractivity (Wildman–Crippen MR) is 83.2 cm³/mol. The van der Waals surface area contributed by atoms with E-state index in [1.807, 2.05) is 45.9 Å². The second-order valence-corrected chi connectivity index (χ2v) is 5.42. The number of anilines is 1. The highest BCUT2D eigenvalue weighted by molar-refractivity contribution is 5.93. The fourth-order valence-corrected chi connectivity index (χ4v) is 2.00. The Kier molecular flexibility index (Phi) is 6.37. The molecule has 5 nitrogen and oxygen atoms in total. The fourth-order valence-electron chi connectivity index (χ4n) is 2.00. The minimum atomic E-state index is -0.487. The van der Waals surface area contributed by atoms with Crippen molar-refractivity contribution >= 4 is 17.6 Å². The number of carbonyl (C=O) groups is 2. The first-order chi connectivity index (χ1) is 9.86. The van der Waals surface area contributed by atoms with Crippen LogP contribution < -0.4 is 10.6 Å². The molecule has 0 saturated heterocycles. The summed E-state index contributed by atoms with van der Waals surface area (Å²) >= 11 is 0. The van der Waals surface area contributed by atoms with Crippen LogP contribution in [0.3, 0.4) is 0 Å². The Morgan fingerprint density at radius 3 is 2.48 bits per heavy atom. The Labute approximate surface area is 126 Å². The van der Waals surface area contributed by atoms with E-state index < -0.39 is 6.04 Å². The number of rotatable bonds is 6. The van der Waals surface area contributed by atoms with E-state index in [0.717, 1.165) is 16.8 Å². The van der Waals surface area contributed by atoms with Crippen LogP contribution in [-0.2, 0) is 14.3 Å². The number of aryl methyl sites for hydroxylation is 1. The molecular weight excluding hydrogens is 268 g/mol. The van der Waals surface area contributed by atoms with E-state index in [9.17, 15) is 9.59 Å². The Morgan fingerprint density at radius 1 is 1.24 bits per heavy atom. The molecule has 0 aliphatic carbocycles. The molecule has 0 spiro atoms. The summed E-state index contributed by atoms with van der Waals surface area (Å²) < 4.78 is 4.73. The second-order valence-electron chi connectivity index (χ2n) is 5.42. The van der Waals surface area contributed by atoms with E-state index in [4.69, 9.17) is 4.74 Å². The van der Waals surface area contributed by atoms with Gasteiger partial charge in [-0.25, -0.2) is 0 Å². The number of carbonyl (C=O) groups excluding carboxylic acids is 2. The number of hydrogen-bond donors (Lipinski definition) is 2.